The highest BCUT2D eigenvalue weighted by molar-refractivity contribution is 5.92. The first kappa shape index (κ1) is 15.8. The van der Waals surface area contributed by atoms with Crippen LogP contribution in [0.25, 0.3) is 0 Å². The van der Waals surface area contributed by atoms with E-state index in [9.17, 15) is 4.79 Å². The SMILES string of the molecule is CC(C)CCNCC(=O)Nc1ccc(N2CCCC2)cc1. The van der Waals surface area contributed by atoms with Crippen LogP contribution in [0.4, 0.5) is 11.4 Å². The second-order valence-corrected chi connectivity index (χ2v) is 6.15. The van der Waals surface area contributed by atoms with E-state index in [0.29, 0.717) is 12.5 Å². The lowest BCUT2D eigenvalue weighted by atomic mass is 10.1. The van der Waals surface area contributed by atoms with Gasteiger partial charge in [0.05, 0.1) is 6.54 Å². The van der Waals surface area contributed by atoms with Crippen LogP contribution in [-0.2, 0) is 4.79 Å². The minimum atomic E-state index is 0.0210. The van der Waals surface area contributed by atoms with Gasteiger partial charge in [-0.2, -0.15) is 0 Å². The molecule has 116 valence electrons. The van der Waals surface area contributed by atoms with Crippen molar-refractivity contribution >= 4 is 17.3 Å². The Balaban J connectivity index is 1.73. The third kappa shape index (κ3) is 5.38. The summed E-state index contributed by atoms with van der Waals surface area (Å²) >= 11 is 0. The molecule has 1 aliphatic rings. The molecule has 4 heteroatoms. The number of amides is 1. The number of carbonyl (C=O) groups is 1. The Bertz CT molecular complexity index is 436. The van der Waals surface area contributed by atoms with Gasteiger partial charge in [0.25, 0.3) is 0 Å². The monoisotopic (exact) mass is 289 g/mol. The van der Waals surface area contributed by atoms with Crippen molar-refractivity contribution in [2.24, 2.45) is 5.92 Å². The summed E-state index contributed by atoms with van der Waals surface area (Å²) in [5.74, 6) is 0.686. The van der Waals surface area contributed by atoms with Gasteiger partial charge in [-0.25, -0.2) is 0 Å². The van der Waals surface area contributed by atoms with Crippen LogP contribution >= 0.6 is 0 Å². The molecule has 4 nitrogen and oxygen atoms in total. The molecule has 0 atom stereocenters. The molecule has 0 bridgehead atoms. The molecule has 2 N–H and O–H groups in total. The fraction of sp³-hybridized carbons (Fsp3) is 0.588. The highest BCUT2D eigenvalue weighted by Gasteiger charge is 2.12. The zero-order valence-electron chi connectivity index (χ0n) is 13.2. The van der Waals surface area contributed by atoms with E-state index in [1.165, 1.54) is 18.5 Å². The summed E-state index contributed by atoms with van der Waals surface area (Å²) in [7, 11) is 0. The first-order valence-corrected chi connectivity index (χ1v) is 8.01. The summed E-state index contributed by atoms with van der Waals surface area (Å²) < 4.78 is 0. The predicted octanol–water partition coefficient (Wildman–Crippen LogP) is 2.86. The van der Waals surface area contributed by atoms with Crippen LogP contribution in [-0.4, -0.2) is 32.1 Å². The first-order chi connectivity index (χ1) is 10.1. The van der Waals surface area contributed by atoms with Gasteiger partial charge in [0, 0.05) is 24.5 Å². The Labute approximate surface area is 127 Å². The highest BCUT2D eigenvalue weighted by atomic mass is 16.1. The lowest BCUT2D eigenvalue weighted by Gasteiger charge is -2.17. The lowest BCUT2D eigenvalue weighted by Crippen LogP contribution is -2.29. The van der Waals surface area contributed by atoms with Crippen molar-refractivity contribution in [2.45, 2.75) is 33.1 Å². The fourth-order valence-corrected chi connectivity index (χ4v) is 2.53. The van der Waals surface area contributed by atoms with Crippen LogP contribution < -0.4 is 15.5 Å². The quantitative estimate of drug-likeness (QED) is 0.759. The maximum atomic E-state index is 11.8. The maximum absolute atomic E-state index is 11.8. The largest absolute Gasteiger partial charge is 0.372 e. The maximum Gasteiger partial charge on any atom is 0.238 e. The van der Waals surface area contributed by atoms with E-state index >= 15 is 0 Å². The van der Waals surface area contributed by atoms with Crippen LogP contribution in [0, 0.1) is 5.92 Å². The summed E-state index contributed by atoms with van der Waals surface area (Å²) in [5, 5.41) is 6.10. The zero-order valence-corrected chi connectivity index (χ0v) is 13.2. The van der Waals surface area contributed by atoms with Crippen LogP contribution in [0.5, 0.6) is 0 Å². The molecule has 0 saturated carbocycles. The van der Waals surface area contributed by atoms with E-state index in [-0.39, 0.29) is 5.91 Å². The van der Waals surface area contributed by atoms with E-state index in [2.05, 4.69) is 41.5 Å². The Morgan fingerprint density at radius 2 is 1.86 bits per heavy atom. The second kappa shape index (κ2) is 8.03. The Kier molecular flexibility index (Phi) is 6.05. The normalized spacial score (nSPS) is 14.7. The molecule has 1 aromatic carbocycles. The van der Waals surface area contributed by atoms with Crippen LogP contribution in [0.2, 0.25) is 0 Å². The molecule has 0 unspecified atom stereocenters. The summed E-state index contributed by atoms with van der Waals surface area (Å²) in [6, 6.07) is 8.15. The molecular formula is C17H27N3O. The number of nitrogens with one attached hydrogen (secondary N) is 2. The molecule has 1 fully saturated rings. The Morgan fingerprint density at radius 3 is 2.48 bits per heavy atom. The third-order valence-electron chi connectivity index (χ3n) is 3.81. The smallest absolute Gasteiger partial charge is 0.238 e. The number of hydrogen-bond donors (Lipinski definition) is 2. The molecule has 1 amide bonds. The van der Waals surface area contributed by atoms with Crippen molar-refractivity contribution in [2.75, 3.05) is 36.4 Å². The van der Waals surface area contributed by atoms with E-state index < -0.39 is 0 Å². The van der Waals surface area contributed by atoms with Gasteiger partial charge in [0.1, 0.15) is 0 Å². The van der Waals surface area contributed by atoms with Gasteiger partial charge in [0.2, 0.25) is 5.91 Å². The van der Waals surface area contributed by atoms with Gasteiger partial charge in [-0.15, -0.1) is 0 Å². The minimum Gasteiger partial charge on any atom is -0.372 e. The molecule has 1 heterocycles. The molecule has 0 aliphatic carbocycles. The van der Waals surface area contributed by atoms with Crippen LogP contribution in [0.15, 0.2) is 24.3 Å². The van der Waals surface area contributed by atoms with Crippen molar-refractivity contribution in [1.29, 1.82) is 0 Å². The van der Waals surface area contributed by atoms with Crippen molar-refractivity contribution in [1.82, 2.24) is 5.32 Å². The number of carbonyl (C=O) groups excluding carboxylic acids is 1. The summed E-state index contributed by atoms with van der Waals surface area (Å²) in [6.07, 6.45) is 3.65. The van der Waals surface area contributed by atoms with Crippen molar-refractivity contribution < 1.29 is 4.79 Å². The number of nitrogens with zero attached hydrogens (tertiary/aromatic N) is 1. The average Bonchev–Trinajstić information content (AvgIpc) is 2.98. The zero-order chi connectivity index (χ0) is 15.1. The van der Waals surface area contributed by atoms with Crippen LogP contribution in [0.3, 0.4) is 0 Å². The van der Waals surface area contributed by atoms with E-state index in [4.69, 9.17) is 0 Å². The topological polar surface area (TPSA) is 44.4 Å². The Hall–Kier alpha value is -1.55. The van der Waals surface area contributed by atoms with E-state index in [1.807, 2.05) is 12.1 Å². The molecule has 2 rings (SSSR count). The molecule has 0 aromatic heterocycles. The molecule has 0 radical (unpaired) electrons. The average molecular weight is 289 g/mol. The summed E-state index contributed by atoms with van der Waals surface area (Å²) in [4.78, 5) is 14.2. The van der Waals surface area contributed by atoms with Gasteiger partial charge in [0.15, 0.2) is 0 Å². The highest BCUT2D eigenvalue weighted by Crippen LogP contribution is 2.21. The van der Waals surface area contributed by atoms with Crippen molar-refractivity contribution in [3.8, 4) is 0 Å². The third-order valence-corrected chi connectivity index (χ3v) is 3.81. The standard InChI is InChI=1S/C17H27N3O/c1-14(2)9-10-18-13-17(21)19-15-5-7-16(8-6-15)20-11-3-4-12-20/h5-8,14,18H,3-4,9-13H2,1-2H3,(H,19,21). The molecule has 1 saturated heterocycles. The van der Waals surface area contributed by atoms with Gasteiger partial charge < -0.3 is 15.5 Å². The minimum absolute atomic E-state index is 0.0210. The molecule has 0 spiro atoms. The molecule has 21 heavy (non-hydrogen) atoms. The molecule has 1 aromatic rings. The van der Waals surface area contributed by atoms with Gasteiger partial charge in [-0.05, 0) is 56.0 Å². The molecular weight excluding hydrogens is 262 g/mol. The van der Waals surface area contributed by atoms with Gasteiger partial charge >= 0.3 is 0 Å². The van der Waals surface area contributed by atoms with Gasteiger partial charge in [-0.3, -0.25) is 4.79 Å². The Morgan fingerprint density at radius 1 is 1.19 bits per heavy atom. The number of hydrogen-bond acceptors (Lipinski definition) is 3. The van der Waals surface area contributed by atoms with E-state index in [1.54, 1.807) is 0 Å². The summed E-state index contributed by atoms with van der Waals surface area (Å²) in [5.41, 5.74) is 2.12. The number of benzene rings is 1. The first-order valence-electron chi connectivity index (χ1n) is 8.01. The van der Waals surface area contributed by atoms with E-state index in [0.717, 1.165) is 31.7 Å². The fourth-order valence-electron chi connectivity index (χ4n) is 2.53. The van der Waals surface area contributed by atoms with Crippen LogP contribution in [0.1, 0.15) is 33.1 Å². The predicted molar refractivity (Wildman–Crippen MR) is 88.8 cm³/mol. The molecule has 1 aliphatic heterocycles. The van der Waals surface area contributed by atoms with Crippen molar-refractivity contribution in [3.63, 3.8) is 0 Å². The number of rotatable bonds is 7. The van der Waals surface area contributed by atoms with Crippen molar-refractivity contribution in [3.05, 3.63) is 24.3 Å². The second-order valence-electron chi connectivity index (χ2n) is 6.15. The lowest BCUT2D eigenvalue weighted by molar-refractivity contribution is -0.115. The number of anilines is 2. The summed E-state index contributed by atoms with van der Waals surface area (Å²) in [6.45, 7) is 7.92. The van der Waals surface area contributed by atoms with Gasteiger partial charge in [-0.1, -0.05) is 13.8 Å².